The van der Waals surface area contributed by atoms with Crippen molar-refractivity contribution in [2.45, 2.75) is 59.0 Å². The highest BCUT2D eigenvalue weighted by atomic mass is 16.6. The molecule has 0 heterocycles. The van der Waals surface area contributed by atoms with Gasteiger partial charge in [-0.05, 0) is 59.5 Å². The van der Waals surface area contributed by atoms with Crippen LogP contribution in [0, 0.1) is 0 Å². The van der Waals surface area contributed by atoms with E-state index < -0.39 is 11.7 Å². The van der Waals surface area contributed by atoms with Crippen LogP contribution in [0.15, 0.2) is 23.9 Å². The molecule has 0 aromatic heterocycles. The minimum Gasteiger partial charge on any atom is -0.443 e. The molecule has 0 atom stereocenters. The zero-order chi connectivity index (χ0) is 15.2. The summed E-state index contributed by atoms with van der Waals surface area (Å²) in [4.78, 5) is 24.7. The van der Waals surface area contributed by atoms with Crippen molar-refractivity contribution in [3.8, 4) is 0 Å². The number of hydrogen-bond acceptors (Lipinski definition) is 3. The first-order valence-electron chi connectivity index (χ1n) is 7.14. The lowest BCUT2D eigenvalue weighted by molar-refractivity contribution is -0.112. The minimum absolute atomic E-state index is 0.0869. The van der Waals surface area contributed by atoms with Crippen LogP contribution in [0.2, 0.25) is 0 Å². The second-order valence-corrected chi connectivity index (χ2v) is 6.14. The summed E-state index contributed by atoms with van der Waals surface area (Å²) in [6.07, 6.45) is 9.12. The summed E-state index contributed by atoms with van der Waals surface area (Å²) < 4.78 is 5.37. The van der Waals surface area contributed by atoms with Crippen molar-refractivity contribution in [2.24, 2.45) is 0 Å². The highest BCUT2D eigenvalue weighted by Gasteiger charge is 2.21. The summed E-state index contributed by atoms with van der Waals surface area (Å²) >= 11 is 0. The SMILES string of the molecule is CC(=O)/C=C/N(CC1=CCCCC1)C(=O)OC(C)(C)C. The van der Waals surface area contributed by atoms with Gasteiger partial charge in [-0.15, -0.1) is 0 Å². The number of ketones is 1. The maximum absolute atomic E-state index is 12.2. The molecule has 4 heteroatoms. The molecule has 20 heavy (non-hydrogen) atoms. The number of carbonyl (C=O) groups excluding carboxylic acids is 2. The average molecular weight is 279 g/mol. The minimum atomic E-state index is -0.541. The highest BCUT2D eigenvalue weighted by molar-refractivity contribution is 5.87. The molecule has 0 saturated carbocycles. The summed E-state index contributed by atoms with van der Waals surface area (Å²) in [5, 5.41) is 0. The van der Waals surface area contributed by atoms with Gasteiger partial charge in [0.15, 0.2) is 5.78 Å². The van der Waals surface area contributed by atoms with E-state index in [2.05, 4.69) is 6.08 Å². The van der Waals surface area contributed by atoms with Gasteiger partial charge < -0.3 is 4.74 Å². The van der Waals surface area contributed by atoms with Crippen LogP contribution < -0.4 is 0 Å². The zero-order valence-corrected chi connectivity index (χ0v) is 12.9. The topological polar surface area (TPSA) is 46.6 Å². The van der Waals surface area contributed by atoms with Crippen molar-refractivity contribution in [1.82, 2.24) is 4.90 Å². The Morgan fingerprint density at radius 3 is 2.55 bits per heavy atom. The quantitative estimate of drug-likeness (QED) is 0.580. The molecule has 1 aliphatic carbocycles. The fourth-order valence-electron chi connectivity index (χ4n) is 1.96. The molecule has 0 bridgehead atoms. The van der Waals surface area contributed by atoms with E-state index in [1.807, 2.05) is 20.8 Å². The fraction of sp³-hybridized carbons (Fsp3) is 0.625. The van der Waals surface area contributed by atoms with Crippen LogP contribution in [0.4, 0.5) is 4.79 Å². The highest BCUT2D eigenvalue weighted by Crippen LogP contribution is 2.19. The second kappa shape index (κ2) is 7.27. The van der Waals surface area contributed by atoms with E-state index in [0.29, 0.717) is 6.54 Å². The molecular weight excluding hydrogens is 254 g/mol. The Hall–Kier alpha value is -1.58. The fourth-order valence-corrected chi connectivity index (χ4v) is 1.96. The first-order chi connectivity index (χ1) is 9.28. The third-order valence-corrected chi connectivity index (χ3v) is 2.88. The van der Waals surface area contributed by atoms with Gasteiger partial charge in [-0.1, -0.05) is 11.6 Å². The van der Waals surface area contributed by atoms with E-state index in [1.165, 1.54) is 36.1 Å². The third kappa shape index (κ3) is 6.55. The number of rotatable bonds is 4. The molecule has 0 unspecified atom stereocenters. The molecule has 0 saturated heterocycles. The van der Waals surface area contributed by atoms with Crippen LogP contribution in [0.5, 0.6) is 0 Å². The van der Waals surface area contributed by atoms with Crippen LogP contribution in [0.25, 0.3) is 0 Å². The number of amides is 1. The lowest BCUT2D eigenvalue weighted by Crippen LogP contribution is -2.35. The predicted octanol–water partition coefficient (Wildman–Crippen LogP) is 3.83. The van der Waals surface area contributed by atoms with Gasteiger partial charge in [0.25, 0.3) is 0 Å². The summed E-state index contributed by atoms with van der Waals surface area (Å²) in [5.41, 5.74) is 0.690. The molecule has 0 radical (unpaired) electrons. The van der Waals surface area contributed by atoms with Crippen molar-refractivity contribution < 1.29 is 14.3 Å². The van der Waals surface area contributed by atoms with Crippen molar-refractivity contribution in [2.75, 3.05) is 6.54 Å². The normalized spacial score (nSPS) is 15.9. The largest absolute Gasteiger partial charge is 0.443 e. The second-order valence-electron chi connectivity index (χ2n) is 6.14. The van der Waals surface area contributed by atoms with Gasteiger partial charge >= 0.3 is 6.09 Å². The number of carbonyl (C=O) groups is 2. The lowest BCUT2D eigenvalue weighted by atomic mass is 9.99. The maximum atomic E-state index is 12.2. The number of allylic oxidation sites excluding steroid dienone is 2. The van der Waals surface area contributed by atoms with Gasteiger partial charge in [0.05, 0.1) is 0 Å². The molecule has 1 rings (SSSR count). The molecule has 0 aromatic rings. The van der Waals surface area contributed by atoms with E-state index in [0.717, 1.165) is 19.3 Å². The summed E-state index contributed by atoms with van der Waals surface area (Å²) in [6, 6.07) is 0. The average Bonchev–Trinajstić information content (AvgIpc) is 2.33. The van der Waals surface area contributed by atoms with Crippen molar-refractivity contribution in [3.05, 3.63) is 23.9 Å². The first-order valence-corrected chi connectivity index (χ1v) is 7.14. The monoisotopic (exact) mass is 279 g/mol. The van der Waals surface area contributed by atoms with Crippen molar-refractivity contribution in [1.29, 1.82) is 0 Å². The molecular formula is C16H25NO3. The van der Waals surface area contributed by atoms with Gasteiger partial charge in [-0.3, -0.25) is 9.69 Å². The smallest absolute Gasteiger partial charge is 0.414 e. The Morgan fingerprint density at radius 1 is 1.35 bits per heavy atom. The molecule has 0 N–H and O–H groups in total. The van der Waals surface area contributed by atoms with Gasteiger partial charge in [-0.2, -0.15) is 0 Å². The van der Waals surface area contributed by atoms with E-state index >= 15 is 0 Å². The van der Waals surface area contributed by atoms with Crippen LogP contribution in [-0.4, -0.2) is 28.9 Å². The van der Waals surface area contributed by atoms with Crippen LogP contribution in [0.3, 0.4) is 0 Å². The predicted molar refractivity (Wildman–Crippen MR) is 79.3 cm³/mol. The van der Waals surface area contributed by atoms with E-state index in [9.17, 15) is 9.59 Å². The molecule has 4 nitrogen and oxygen atoms in total. The summed E-state index contributed by atoms with van der Waals surface area (Å²) in [5.74, 6) is -0.0869. The van der Waals surface area contributed by atoms with Crippen LogP contribution in [-0.2, 0) is 9.53 Å². The van der Waals surface area contributed by atoms with E-state index in [1.54, 1.807) is 0 Å². The molecule has 0 fully saturated rings. The van der Waals surface area contributed by atoms with Gasteiger partial charge in [0, 0.05) is 12.7 Å². The molecule has 0 aromatic carbocycles. The van der Waals surface area contributed by atoms with E-state index in [-0.39, 0.29) is 5.78 Å². The molecule has 1 amide bonds. The molecule has 0 aliphatic heterocycles. The van der Waals surface area contributed by atoms with Gasteiger partial charge in [-0.25, -0.2) is 4.79 Å². The van der Waals surface area contributed by atoms with Gasteiger partial charge in [0.1, 0.15) is 5.60 Å². The van der Waals surface area contributed by atoms with Crippen molar-refractivity contribution in [3.63, 3.8) is 0 Å². The zero-order valence-electron chi connectivity index (χ0n) is 12.9. The third-order valence-electron chi connectivity index (χ3n) is 2.88. The molecule has 0 spiro atoms. The molecule has 112 valence electrons. The number of ether oxygens (including phenoxy) is 1. The van der Waals surface area contributed by atoms with Crippen LogP contribution >= 0.6 is 0 Å². The Morgan fingerprint density at radius 2 is 2.05 bits per heavy atom. The molecule has 1 aliphatic rings. The summed E-state index contributed by atoms with van der Waals surface area (Å²) in [6.45, 7) is 7.45. The lowest BCUT2D eigenvalue weighted by Gasteiger charge is -2.26. The Bertz CT molecular complexity index is 416. The standard InChI is InChI=1S/C16H25NO3/c1-13(18)10-11-17(15(19)20-16(2,3)4)12-14-8-6-5-7-9-14/h8,10-11H,5-7,9,12H2,1-4H3/b11-10+. The number of hydrogen-bond donors (Lipinski definition) is 0. The van der Waals surface area contributed by atoms with Gasteiger partial charge in [0.2, 0.25) is 0 Å². The van der Waals surface area contributed by atoms with E-state index in [4.69, 9.17) is 4.74 Å². The van der Waals surface area contributed by atoms with Crippen LogP contribution in [0.1, 0.15) is 53.4 Å². The maximum Gasteiger partial charge on any atom is 0.414 e. The Labute approximate surface area is 121 Å². The number of nitrogens with zero attached hydrogens (tertiary/aromatic N) is 1. The summed E-state index contributed by atoms with van der Waals surface area (Å²) in [7, 11) is 0. The van der Waals surface area contributed by atoms with Crippen molar-refractivity contribution >= 4 is 11.9 Å². The first kappa shape index (κ1) is 16.5. The Kier molecular flexibility index (Phi) is 5.99. The Balaban J connectivity index is 2.76.